The molecule has 14 heavy (non-hydrogen) atoms. The summed E-state index contributed by atoms with van der Waals surface area (Å²) < 4.78 is 0. The molecule has 1 aliphatic rings. The summed E-state index contributed by atoms with van der Waals surface area (Å²) in [5.74, 6) is 0.887. The maximum atomic E-state index is 3.67. The van der Waals surface area contributed by atoms with Crippen molar-refractivity contribution in [2.45, 2.75) is 71.3 Å². The van der Waals surface area contributed by atoms with Crippen LogP contribution < -0.4 is 5.32 Å². The maximum Gasteiger partial charge on any atom is 0.00670 e. The lowest BCUT2D eigenvalue weighted by molar-refractivity contribution is 0.481. The fraction of sp³-hybridized carbons (Fsp3) is 1.00. The molecule has 0 radical (unpaired) electrons. The number of hydrogen-bond acceptors (Lipinski definition) is 1. The van der Waals surface area contributed by atoms with Crippen LogP contribution in [0.4, 0.5) is 0 Å². The van der Waals surface area contributed by atoms with E-state index in [2.05, 4.69) is 19.2 Å². The first-order chi connectivity index (χ1) is 6.79. The number of rotatable bonds is 7. The van der Waals surface area contributed by atoms with Crippen molar-refractivity contribution < 1.29 is 0 Å². The second-order valence-electron chi connectivity index (χ2n) is 5.18. The smallest absolute Gasteiger partial charge is 0.00670 e. The average Bonchev–Trinajstić information content (AvgIpc) is 2.63. The zero-order chi connectivity index (χ0) is 10.2. The molecule has 0 heterocycles. The summed E-state index contributed by atoms with van der Waals surface area (Å²) in [6.07, 6.45) is 11.4. The quantitative estimate of drug-likeness (QED) is 0.613. The van der Waals surface area contributed by atoms with E-state index in [9.17, 15) is 0 Å². The Morgan fingerprint density at radius 2 is 1.79 bits per heavy atom. The van der Waals surface area contributed by atoms with Gasteiger partial charge in [-0.25, -0.2) is 0 Å². The zero-order valence-electron chi connectivity index (χ0n) is 10.0. The molecule has 1 rings (SSSR count). The van der Waals surface area contributed by atoms with Crippen LogP contribution in [0, 0.1) is 5.92 Å². The Morgan fingerprint density at radius 3 is 2.43 bits per heavy atom. The van der Waals surface area contributed by atoms with E-state index in [0.717, 1.165) is 12.0 Å². The highest BCUT2D eigenvalue weighted by Gasteiger charge is 2.12. The number of unbranched alkanes of at least 4 members (excludes halogenated alkanes) is 2. The molecule has 1 fully saturated rings. The van der Waals surface area contributed by atoms with Gasteiger partial charge in [0.2, 0.25) is 0 Å². The minimum atomic E-state index is 0.861. The van der Waals surface area contributed by atoms with Crippen LogP contribution >= 0.6 is 0 Å². The van der Waals surface area contributed by atoms with Crippen LogP contribution in [-0.4, -0.2) is 12.6 Å². The van der Waals surface area contributed by atoms with E-state index < -0.39 is 0 Å². The van der Waals surface area contributed by atoms with Crippen LogP contribution in [0.3, 0.4) is 0 Å². The number of hydrogen-bond donors (Lipinski definition) is 1. The molecule has 0 bridgehead atoms. The van der Waals surface area contributed by atoms with Crippen molar-refractivity contribution in [3.05, 3.63) is 0 Å². The van der Waals surface area contributed by atoms with E-state index in [-0.39, 0.29) is 0 Å². The molecule has 0 aromatic rings. The summed E-state index contributed by atoms with van der Waals surface area (Å²) in [7, 11) is 0. The average molecular weight is 197 g/mol. The highest BCUT2D eigenvalue weighted by Crippen LogP contribution is 2.17. The first kappa shape index (κ1) is 12.0. The van der Waals surface area contributed by atoms with Crippen molar-refractivity contribution >= 4 is 0 Å². The van der Waals surface area contributed by atoms with Crippen molar-refractivity contribution in [1.29, 1.82) is 0 Å². The van der Waals surface area contributed by atoms with E-state index >= 15 is 0 Å². The van der Waals surface area contributed by atoms with Crippen LogP contribution in [0.5, 0.6) is 0 Å². The van der Waals surface area contributed by atoms with Gasteiger partial charge < -0.3 is 5.32 Å². The zero-order valence-corrected chi connectivity index (χ0v) is 10.0. The van der Waals surface area contributed by atoms with E-state index in [1.807, 2.05) is 0 Å². The third kappa shape index (κ3) is 5.64. The minimum absolute atomic E-state index is 0.861. The lowest BCUT2D eigenvalue weighted by atomic mass is 10.1. The van der Waals surface area contributed by atoms with Gasteiger partial charge in [0.25, 0.3) is 0 Å². The van der Waals surface area contributed by atoms with Crippen molar-refractivity contribution in [1.82, 2.24) is 5.32 Å². The second kappa shape index (κ2) is 7.28. The van der Waals surface area contributed by atoms with Crippen LogP contribution in [0.2, 0.25) is 0 Å². The Hall–Kier alpha value is -0.0400. The summed E-state index contributed by atoms with van der Waals surface area (Å²) in [6.45, 7) is 5.89. The van der Waals surface area contributed by atoms with Gasteiger partial charge >= 0.3 is 0 Å². The largest absolute Gasteiger partial charge is 0.314 e. The normalized spacial score (nSPS) is 18.2. The summed E-state index contributed by atoms with van der Waals surface area (Å²) in [5, 5.41) is 3.67. The van der Waals surface area contributed by atoms with Crippen molar-refractivity contribution in [3.63, 3.8) is 0 Å². The van der Waals surface area contributed by atoms with Gasteiger partial charge in [-0.3, -0.25) is 0 Å². The Morgan fingerprint density at radius 1 is 1.07 bits per heavy atom. The fourth-order valence-electron chi connectivity index (χ4n) is 2.29. The molecule has 0 aromatic heterocycles. The van der Waals surface area contributed by atoms with Crippen LogP contribution in [0.1, 0.15) is 65.2 Å². The van der Waals surface area contributed by atoms with E-state index in [1.54, 1.807) is 0 Å². The van der Waals surface area contributed by atoms with Gasteiger partial charge in [-0.2, -0.15) is 0 Å². The second-order valence-corrected chi connectivity index (χ2v) is 5.18. The molecule has 0 unspecified atom stereocenters. The van der Waals surface area contributed by atoms with Crippen LogP contribution in [0.25, 0.3) is 0 Å². The van der Waals surface area contributed by atoms with Gasteiger partial charge in [0.1, 0.15) is 0 Å². The molecular formula is C13H27N. The molecule has 1 N–H and O–H groups in total. The Labute approximate surface area is 89.7 Å². The molecule has 0 saturated heterocycles. The maximum absolute atomic E-state index is 3.67. The lowest BCUT2D eigenvalue weighted by Crippen LogP contribution is -2.26. The topological polar surface area (TPSA) is 12.0 Å². The van der Waals surface area contributed by atoms with Crippen molar-refractivity contribution in [2.24, 2.45) is 5.92 Å². The van der Waals surface area contributed by atoms with Gasteiger partial charge in [-0.15, -0.1) is 0 Å². The molecule has 0 spiro atoms. The van der Waals surface area contributed by atoms with Crippen LogP contribution in [0.15, 0.2) is 0 Å². The summed E-state index contributed by atoms with van der Waals surface area (Å²) in [5.41, 5.74) is 0. The first-order valence-electron chi connectivity index (χ1n) is 6.52. The van der Waals surface area contributed by atoms with Gasteiger partial charge in [0.05, 0.1) is 0 Å². The predicted octanol–water partition coefficient (Wildman–Crippen LogP) is 3.74. The number of nitrogens with one attached hydrogen (secondary N) is 1. The summed E-state index contributed by atoms with van der Waals surface area (Å²) >= 11 is 0. The predicted molar refractivity (Wildman–Crippen MR) is 63.6 cm³/mol. The van der Waals surface area contributed by atoms with E-state index in [0.29, 0.717) is 0 Å². The van der Waals surface area contributed by atoms with Gasteiger partial charge in [0, 0.05) is 6.04 Å². The molecule has 84 valence electrons. The molecule has 0 atom stereocenters. The molecule has 0 aromatic carbocycles. The van der Waals surface area contributed by atoms with E-state index in [1.165, 1.54) is 57.9 Å². The van der Waals surface area contributed by atoms with Gasteiger partial charge in [0.15, 0.2) is 0 Å². The fourth-order valence-corrected chi connectivity index (χ4v) is 2.29. The van der Waals surface area contributed by atoms with Gasteiger partial charge in [-0.05, 0) is 31.7 Å². The molecule has 0 amide bonds. The molecule has 1 aliphatic carbocycles. The SMILES string of the molecule is CC(C)CCCCCNC1CCCC1. The van der Waals surface area contributed by atoms with Crippen molar-refractivity contribution in [2.75, 3.05) is 6.54 Å². The summed E-state index contributed by atoms with van der Waals surface area (Å²) in [6, 6.07) is 0.861. The third-order valence-corrected chi connectivity index (χ3v) is 3.25. The lowest BCUT2D eigenvalue weighted by Gasteiger charge is -2.11. The van der Waals surface area contributed by atoms with E-state index in [4.69, 9.17) is 0 Å². The van der Waals surface area contributed by atoms with Gasteiger partial charge in [-0.1, -0.05) is 46.0 Å². The van der Waals surface area contributed by atoms with Crippen LogP contribution in [-0.2, 0) is 0 Å². The monoisotopic (exact) mass is 197 g/mol. The Bertz CT molecular complexity index is 125. The van der Waals surface area contributed by atoms with Crippen molar-refractivity contribution in [3.8, 4) is 0 Å². The molecular weight excluding hydrogens is 170 g/mol. The molecule has 0 aliphatic heterocycles. The third-order valence-electron chi connectivity index (χ3n) is 3.25. The Kier molecular flexibility index (Phi) is 6.25. The minimum Gasteiger partial charge on any atom is -0.314 e. The Balaban J connectivity index is 1.79. The highest BCUT2D eigenvalue weighted by atomic mass is 14.9. The first-order valence-corrected chi connectivity index (χ1v) is 6.52. The highest BCUT2D eigenvalue weighted by molar-refractivity contribution is 4.73. The summed E-state index contributed by atoms with van der Waals surface area (Å²) in [4.78, 5) is 0. The standard InChI is InChI=1S/C13H27N/c1-12(2)8-4-3-7-11-14-13-9-5-6-10-13/h12-14H,3-11H2,1-2H3. The molecule has 1 saturated carbocycles. The molecule has 1 heteroatoms. The molecule has 1 nitrogen and oxygen atoms in total.